The maximum atomic E-state index is 9.52. The third kappa shape index (κ3) is 2.48. The molecule has 1 saturated heterocycles. The first-order chi connectivity index (χ1) is 9.79. The second-order valence-electron chi connectivity index (χ2n) is 5.39. The molecule has 2 aromatic rings. The average molecular weight is 268 g/mol. The Bertz CT molecular complexity index is 553. The van der Waals surface area contributed by atoms with Gasteiger partial charge >= 0.3 is 0 Å². The van der Waals surface area contributed by atoms with Crippen molar-refractivity contribution in [3.05, 3.63) is 60.2 Å². The van der Waals surface area contributed by atoms with Crippen molar-refractivity contribution in [3.63, 3.8) is 0 Å². The minimum atomic E-state index is 0.167. The first-order valence-corrected chi connectivity index (χ1v) is 7.07. The summed E-state index contributed by atoms with van der Waals surface area (Å²) in [5, 5.41) is 9.52. The number of benzene rings is 2. The maximum absolute atomic E-state index is 9.52. The number of aliphatic hydroxyl groups is 1. The van der Waals surface area contributed by atoms with E-state index in [9.17, 15) is 5.11 Å². The fourth-order valence-electron chi connectivity index (χ4n) is 2.83. The van der Waals surface area contributed by atoms with E-state index in [2.05, 4.69) is 66.3 Å². The van der Waals surface area contributed by atoms with Gasteiger partial charge in [-0.3, -0.25) is 5.43 Å². The van der Waals surface area contributed by atoms with E-state index < -0.39 is 0 Å². The minimum Gasteiger partial charge on any atom is -0.396 e. The summed E-state index contributed by atoms with van der Waals surface area (Å²) in [6.07, 6.45) is 0. The molecule has 0 aromatic heterocycles. The van der Waals surface area contributed by atoms with Gasteiger partial charge in [0.1, 0.15) is 0 Å². The summed E-state index contributed by atoms with van der Waals surface area (Å²) in [4.78, 5) is 0. The Morgan fingerprint density at radius 2 is 1.55 bits per heavy atom. The highest BCUT2D eigenvalue weighted by atomic mass is 16.3. The van der Waals surface area contributed by atoms with Crippen LogP contribution in [0.25, 0.3) is 11.1 Å². The van der Waals surface area contributed by atoms with E-state index in [0.717, 1.165) is 0 Å². The lowest BCUT2D eigenvalue weighted by atomic mass is 9.90. The van der Waals surface area contributed by atoms with Crippen LogP contribution in [0, 0.1) is 5.92 Å². The zero-order valence-electron chi connectivity index (χ0n) is 11.6. The van der Waals surface area contributed by atoms with Gasteiger partial charge in [0.05, 0.1) is 6.04 Å². The van der Waals surface area contributed by atoms with Gasteiger partial charge in [-0.2, -0.15) is 0 Å². The number of hydrogen-bond donors (Lipinski definition) is 3. The van der Waals surface area contributed by atoms with Crippen LogP contribution in [0.5, 0.6) is 0 Å². The predicted molar refractivity (Wildman–Crippen MR) is 80.9 cm³/mol. The van der Waals surface area contributed by atoms with Crippen molar-refractivity contribution in [2.24, 2.45) is 5.92 Å². The molecule has 3 N–H and O–H groups in total. The molecule has 0 amide bonds. The third-order valence-corrected chi connectivity index (χ3v) is 4.12. The van der Waals surface area contributed by atoms with E-state index in [1.54, 1.807) is 0 Å². The average Bonchev–Trinajstić information content (AvgIpc) is 2.89. The molecule has 3 nitrogen and oxygen atoms in total. The molecule has 0 aliphatic carbocycles. The van der Waals surface area contributed by atoms with Crippen LogP contribution in [0.4, 0.5) is 0 Å². The summed E-state index contributed by atoms with van der Waals surface area (Å²) in [6.45, 7) is 2.28. The van der Waals surface area contributed by atoms with Crippen LogP contribution in [0.1, 0.15) is 18.5 Å². The Hall–Kier alpha value is -1.68. The van der Waals surface area contributed by atoms with E-state index in [-0.39, 0.29) is 24.6 Å². The Morgan fingerprint density at radius 3 is 2.20 bits per heavy atom. The normalized spacial score (nSPS) is 25.8. The van der Waals surface area contributed by atoms with Crippen molar-refractivity contribution in [3.8, 4) is 11.1 Å². The lowest BCUT2D eigenvalue weighted by Gasteiger charge is -2.19. The molecule has 1 aliphatic heterocycles. The van der Waals surface area contributed by atoms with Crippen molar-refractivity contribution in [2.45, 2.75) is 19.0 Å². The van der Waals surface area contributed by atoms with Crippen LogP contribution in [0.2, 0.25) is 0 Å². The lowest BCUT2D eigenvalue weighted by Crippen LogP contribution is -2.29. The molecule has 0 bridgehead atoms. The maximum Gasteiger partial charge on any atom is 0.0527 e. The van der Waals surface area contributed by atoms with Crippen molar-refractivity contribution < 1.29 is 5.11 Å². The second-order valence-corrected chi connectivity index (χ2v) is 5.39. The molecule has 3 unspecified atom stereocenters. The smallest absolute Gasteiger partial charge is 0.0527 e. The first kappa shape index (κ1) is 13.3. The molecule has 0 saturated carbocycles. The SMILES string of the molecule is CC1NNC(c2ccc(-c3ccccc3)cc2)C1CO. The van der Waals surface area contributed by atoms with E-state index >= 15 is 0 Å². The highest BCUT2D eigenvalue weighted by Gasteiger charge is 2.33. The molecule has 3 rings (SSSR count). The standard InChI is InChI=1S/C17H20N2O/c1-12-16(11-20)17(19-18-12)15-9-7-14(8-10-15)13-5-3-2-4-6-13/h2-10,12,16-20H,11H2,1H3. The van der Waals surface area contributed by atoms with Gasteiger partial charge in [-0.15, -0.1) is 0 Å². The number of hydrazine groups is 1. The summed E-state index contributed by atoms with van der Waals surface area (Å²) in [6, 6.07) is 19.4. The Morgan fingerprint density at radius 1 is 0.900 bits per heavy atom. The molecule has 0 radical (unpaired) electrons. The molecule has 2 aromatic carbocycles. The molecule has 0 spiro atoms. The largest absolute Gasteiger partial charge is 0.396 e. The molecule has 1 heterocycles. The van der Waals surface area contributed by atoms with E-state index in [1.165, 1.54) is 16.7 Å². The van der Waals surface area contributed by atoms with Gasteiger partial charge in [0.15, 0.2) is 0 Å². The predicted octanol–water partition coefficient (Wildman–Crippen LogP) is 2.50. The number of nitrogens with one attached hydrogen (secondary N) is 2. The highest BCUT2D eigenvalue weighted by Crippen LogP contribution is 2.29. The van der Waals surface area contributed by atoms with Gasteiger partial charge in [0, 0.05) is 18.6 Å². The molecular weight excluding hydrogens is 248 g/mol. The van der Waals surface area contributed by atoms with Crippen LogP contribution in [-0.2, 0) is 0 Å². The molecule has 1 aliphatic rings. The summed E-state index contributed by atoms with van der Waals surface area (Å²) in [5.41, 5.74) is 10.1. The van der Waals surface area contributed by atoms with Crippen molar-refractivity contribution in [2.75, 3.05) is 6.61 Å². The highest BCUT2D eigenvalue weighted by molar-refractivity contribution is 5.63. The van der Waals surface area contributed by atoms with Crippen LogP contribution < -0.4 is 10.9 Å². The third-order valence-electron chi connectivity index (χ3n) is 4.12. The van der Waals surface area contributed by atoms with Gasteiger partial charge in [-0.05, 0) is 23.6 Å². The Balaban J connectivity index is 1.83. The zero-order chi connectivity index (χ0) is 13.9. The number of rotatable bonds is 3. The minimum absolute atomic E-state index is 0.167. The topological polar surface area (TPSA) is 44.3 Å². The monoisotopic (exact) mass is 268 g/mol. The van der Waals surface area contributed by atoms with E-state index in [0.29, 0.717) is 0 Å². The molecular formula is C17H20N2O. The van der Waals surface area contributed by atoms with Crippen molar-refractivity contribution >= 4 is 0 Å². The molecule has 1 fully saturated rings. The fraction of sp³-hybridized carbons (Fsp3) is 0.294. The quantitative estimate of drug-likeness (QED) is 0.801. The van der Waals surface area contributed by atoms with Crippen LogP contribution in [0.3, 0.4) is 0 Å². The van der Waals surface area contributed by atoms with Crippen molar-refractivity contribution in [1.29, 1.82) is 0 Å². The molecule has 104 valence electrons. The zero-order valence-corrected chi connectivity index (χ0v) is 11.6. The van der Waals surface area contributed by atoms with Gasteiger partial charge in [-0.1, -0.05) is 54.6 Å². The van der Waals surface area contributed by atoms with E-state index in [4.69, 9.17) is 0 Å². The molecule has 20 heavy (non-hydrogen) atoms. The number of hydrogen-bond acceptors (Lipinski definition) is 3. The molecule has 3 atom stereocenters. The van der Waals surface area contributed by atoms with Crippen LogP contribution in [0.15, 0.2) is 54.6 Å². The number of aliphatic hydroxyl groups excluding tert-OH is 1. The van der Waals surface area contributed by atoms with Crippen LogP contribution in [-0.4, -0.2) is 17.8 Å². The van der Waals surface area contributed by atoms with Gasteiger partial charge in [-0.25, -0.2) is 5.43 Å². The Kier molecular flexibility index (Phi) is 3.83. The van der Waals surface area contributed by atoms with Gasteiger partial charge in [0.25, 0.3) is 0 Å². The summed E-state index contributed by atoms with van der Waals surface area (Å²) in [5.74, 6) is 0.206. The van der Waals surface area contributed by atoms with Gasteiger partial charge in [0.2, 0.25) is 0 Å². The Labute approximate surface area is 119 Å². The summed E-state index contributed by atoms with van der Waals surface area (Å²) in [7, 11) is 0. The van der Waals surface area contributed by atoms with Crippen LogP contribution >= 0.6 is 0 Å². The van der Waals surface area contributed by atoms with Crippen molar-refractivity contribution in [1.82, 2.24) is 10.9 Å². The summed E-state index contributed by atoms with van der Waals surface area (Å²) < 4.78 is 0. The first-order valence-electron chi connectivity index (χ1n) is 7.07. The summed E-state index contributed by atoms with van der Waals surface area (Å²) >= 11 is 0. The van der Waals surface area contributed by atoms with Gasteiger partial charge < -0.3 is 5.11 Å². The fourth-order valence-corrected chi connectivity index (χ4v) is 2.83. The molecule has 3 heteroatoms. The second kappa shape index (κ2) is 5.75. The van der Waals surface area contributed by atoms with E-state index in [1.807, 2.05) is 6.07 Å². The lowest BCUT2D eigenvalue weighted by molar-refractivity contribution is 0.205.